The van der Waals surface area contributed by atoms with E-state index in [1.165, 1.54) is 17.0 Å². The molecule has 2 aromatic carbocycles. The predicted octanol–water partition coefficient (Wildman–Crippen LogP) is 2.32. The zero-order valence-corrected chi connectivity index (χ0v) is 16.8. The number of carbonyl (C=O) groups excluding carboxylic acids is 3. The van der Waals surface area contributed by atoms with Crippen molar-refractivity contribution in [1.29, 1.82) is 0 Å². The van der Waals surface area contributed by atoms with E-state index in [4.69, 9.17) is 4.74 Å². The van der Waals surface area contributed by atoms with Gasteiger partial charge in [-0.15, -0.1) is 0 Å². The van der Waals surface area contributed by atoms with Crippen LogP contribution < -0.4 is 15.0 Å². The highest BCUT2D eigenvalue weighted by atomic mass is 19.1. The van der Waals surface area contributed by atoms with Gasteiger partial charge in [0, 0.05) is 44.6 Å². The second kappa shape index (κ2) is 7.37. The molecule has 2 aromatic rings. The summed E-state index contributed by atoms with van der Waals surface area (Å²) in [5, 5.41) is 2.97. The van der Waals surface area contributed by atoms with Crippen molar-refractivity contribution in [2.45, 2.75) is 25.0 Å². The summed E-state index contributed by atoms with van der Waals surface area (Å²) in [4.78, 5) is 41.3. The average Bonchev–Trinajstić information content (AvgIpc) is 3.16. The van der Waals surface area contributed by atoms with Crippen molar-refractivity contribution in [1.82, 2.24) is 10.2 Å². The third-order valence-corrected chi connectivity index (χ3v) is 6.27. The van der Waals surface area contributed by atoms with E-state index >= 15 is 0 Å². The first-order valence-corrected chi connectivity index (χ1v) is 10.4. The number of amides is 3. The molecular formula is C23H22FN3O4. The van der Waals surface area contributed by atoms with Crippen molar-refractivity contribution in [3.8, 4) is 5.75 Å². The van der Waals surface area contributed by atoms with Crippen molar-refractivity contribution in [2.24, 2.45) is 5.92 Å². The van der Waals surface area contributed by atoms with Crippen LogP contribution in [0, 0.1) is 11.7 Å². The van der Waals surface area contributed by atoms with Gasteiger partial charge >= 0.3 is 0 Å². The van der Waals surface area contributed by atoms with Crippen molar-refractivity contribution in [3.05, 3.63) is 59.9 Å². The summed E-state index contributed by atoms with van der Waals surface area (Å²) in [6, 6.07) is 12.8. The summed E-state index contributed by atoms with van der Waals surface area (Å²) in [5.74, 6) is -0.632. The first-order chi connectivity index (χ1) is 14.9. The van der Waals surface area contributed by atoms with Crippen LogP contribution in [0.1, 0.15) is 29.6 Å². The normalized spacial score (nSPS) is 22.2. The third-order valence-electron chi connectivity index (χ3n) is 6.27. The second-order valence-electron chi connectivity index (χ2n) is 8.25. The topological polar surface area (TPSA) is 79.0 Å². The molecule has 0 saturated carbocycles. The van der Waals surface area contributed by atoms with E-state index in [-0.39, 0.29) is 36.5 Å². The Bertz CT molecular complexity index is 1050. The molecular weight excluding hydrogens is 401 g/mol. The quantitative estimate of drug-likeness (QED) is 0.804. The molecule has 5 rings (SSSR count). The SMILES string of the molecule is O=C1NC2(CCN(C(=O)[C@H]3CC(=O)N(c4ccc(F)cc4)C3)CC2)Oc2ccccc21. The molecule has 7 nitrogen and oxygen atoms in total. The number of carbonyl (C=O) groups is 3. The number of nitrogens with zero attached hydrogens (tertiary/aromatic N) is 2. The van der Waals surface area contributed by atoms with Gasteiger partial charge in [-0.3, -0.25) is 14.4 Å². The average molecular weight is 423 g/mol. The van der Waals surface area contributed by atoms with Crippen LogP contribution in [0.5, 0.6) is 5.75 Å². The Morgan fingerprint density at radius 2 is 1.77 bits per heavy atom. The molecule has 1 N–H and O–H groups in total. The van der Waals surface area contributed by atoms with E-state index in [0.717, 1.165) is 0 Å². The van der Waals surface area contributed by atoms with Gasteiger partial charge in [0.05, 0.1) is 11.5 Å². The van der Waals surface area contributed by atoms with Gasteiger partial charge in [0.25, 0.3) is 5.91 Å². The molecule has 3 aliphatic rings. The number of nitrogens with one attached hydrogen (secondary N) is 1. The zero-order valence-electron chi connectivity index (χ0n) is 16.8. The van der Waals surface area contributed by atoms with E-state index in [1.807, 2.05) is 6.07 Å². The summed E-state index contributed by atoms with van der Waals surface area (Å²) in [5.41, 5.74) is 0.293. The predicted molar refractivity (Wildman–Crippen MR) is 110 cm³/mol. The summed E-state index contributed by atoms with van der Waals surface area (Å²) in [7, 11) is 0. The van der Waals surface area contributed by atoms with Gasteiger partial charge < -0.3 is 19.9 Å². The second-order valence-corrected chi connectivity index (χ2v) is 8.25. The Balaban J connectivity index is 1.23. The largest absolute Gasteiger partial charge is 0.467 e. The Hall–Kier alpha value is -3.42. The van der Waals surface area contributed by atoms with Crippen molar-refractivity contribution in [3.63, 3.8) is 0 Å². The maximum absolute atomic E-state index is 13.2. The number of ether oxygens (including phenoxy) is 1. The van der Waals surface area contributed by atoms with E-state index in [1.54, 1.807) is 35.2 Å². The fourth-order valence-corrected chi connectivity index (χ4v) is 4.57. The maximum Gasteiger partial charge on any atom is 0.258 e. The van der Waals surface area contributed by atoms with Gasteiger partial charge in [0.2, 0.25) is 11.8 Å². The lowest BCUT2D eigenvalue weighted by atomic mass is 9.95. The van der Waals surface area contributed by atoms with Crippen LogP contribution in [0.3, 0.4) is 0 Å². The van der Waals surface area contributed by atoms with Crippen LogP contribution in [0.2, 0.25) is 0 Å². The van der Waals surface area contributed by atoms with Crippen molar-refractivity contribution >= 4 is 23.4 Å². The minimum atomic E-state index is -0.812. The van der Waals surface area contributed by atoms with Gasteiger partial charge in [-0.25, -0.2) is 4.39 Å². The number of likely N-dealkylation sites (tertiary alicyclic amines) is 1. The standard InChI is InChI=1S/C23H22FN3O4/c24-16-5-7-17(8-6-16)27-14-15(13-20(27)28)22(30)26-11-9-23(10-12-26)25-21(29)18-3-1-2-4-19(18)31-23/h1-8,15H,9-14H2,(H,25,29)/t15-/m0/s1. The molecule has 31 heavy (non-hydrogen) atoms. The Morgan fingerprint density at radius 1 is 1.06 bits per heavy atom. The number of hydrogen-bond donors (Lipinski definition) is 1. The van der Waals surface area contributed by atoms with Gasteiger partial charge in [-0.1, -0.05) is 12.1 Å². The monoisotopic (exact) mass is 423 g/mol. The minimum Gasteiger partial charge on any atom is -0.467 e. The molecule has 0 aliphatic carbocycles. The van der Waals surface area contributed by atoms with Crippen LogP contribution in [0.25, 0.3) is 0 Å². The van der Waals surface area contributed by atoms with E-state index in [9.17, 15) is 18.8 Å². The molecule has 2 fully saturated rings. The summed E-state index contributed by atoms with van der Waals surface area (Å²) < 4.78 is 19.3. The van der Waals surface area contributed by atoms with E-state index in [2.05, 4.69) is 5.32 Å². The van der Waals surface area contributed by atoms with Crippen LogP contribution in [-0.2, 0) is 9.59 Å². The molecule has 3 amide bonds. The lowest BCUT2D eigenvalue weighted by Gasteiger charge is -2.44. The van der Waals surface area contributed by atoms with Crippen molar-refractivity contribution in [2.75, 3.05) is 24.5 Å². The molecule has 1 spiro atoms. The van der Waals surface area contributed by atoms with Gasteiger partial charge in [-0.05, 0) is 36.4 Å². The molecule has 8 heteroatoms. The number of para-hydroxylation sites is 1. The summed E-state index contributed by atoms with van der Waals surface area (Å²) >= 11 is 0. The first-order valence-electron chi connectivity index (χ1n) is 10.4. The highest BCUT2D eigenvalue weighted by Gasteiger charge is 2.45. The first kappa shape index (κ1) is 19.5. The summed E-state index contributed by atoms with van der Waals surface area (Å²) in [6.45, 7) is 1.15. The molecule has 0 aromatic heterocycles. The number of benzene rings is 2. The molecule has 160 valence electrons. The van der Waals surface area contributed by atoms with Crippen LogP contribution >= 0.6 is 0 Å². The lowest BCUT2D eigenvalue weighted by molar-refractivity contribution is -0.139. The fourth-order valence-electron chi connectivity index (χ4n) is 4.57. The number of hydrogen-bond acceptors (Lipinski definition) is 4. The van der Waals surface area contributed by atoms with Gasteiger partial charge in [0.1, 0.15) is 11.6 Å². The molecule has 2 saturated heterocycles. The molecule has 1 atom stereocenters. The number of halogens is 1. The van der Waals surface area contributed by atoms with E-state index in [0.29, 0.717) is 42.9 Å². The number of rotatable bonds is 2. The maximum atomic E-state index is 13.2. The lowest BCUT2D eigenvalue weighted by Crippen LogP contribution is -2.62. The summed E-state index contributed by atoms with van der Waals surface area (Å²) in [6.07, 6.45) is 1.08. The fraction of sp³-hybridized carbons (Fsp3) is 0.348. The number of anilines is 1. The van der Waals surface area contributed by atoms with Crippen LogP contribution in [0.15, 0.2) is 48.5 Å². The van der Waals surface area contributed by atoms with Crippen LogP contribution in [-0.4, -0.2) is 48.0 Å². The molecule has 0 bridgehead atoms. The smallest absolute Gasteiger partial charge is 0.258 e. The Labute approximate surface area is 178 Å². The highest BCUT2D eigenvalue weighted by Crippen LogP contribution is 2.34. The number of fused-ring (bicyclic) bond motifs is 1. The van der Waals surface area contributed by atoms with Crippen LogP contribution in [0.4, 0.5) is 10.1 Å². The van der Waals surface area contributed by atoms with Gasteiger partial charge in [-0.2, -0.15) is 0 Å². The molecule has 3 heterocycles. The third kappa shape index (κ3) is 3.52. The Morgan fingerprint density at radius 3 is 2.52 bits per heavy atom. The molecule has 3 aliphatic heterocycles. The molecule has 0 radical (unpaired) electrons. The number of piperidine rings is 1. The zero-order chi connectivity index (χ0) is 21.6. The molecule has 0 unspecified atom stereocenters. The minimum absolute atomic E-state index is 0.0738. The Kier molecular flexibility index (Phi) is 4.64. The van der Waals surface area contributed by atoms with E-state index < -0.39 is 11.6 Å². The highest BCUT2D eigenvalue weighted by molar-refractivity contribution is 6.00. The van der Waals surface area contributed by atoms with Gasteiger partial charge in [0.15, 0.2) is 5.72 Å². The van der Waals surface area contributed by atoms with Crippen molar-refractivity contribution < 1.29 is 23.5 Å².